The fourth-order valence-electron chi connectivity index (χ4n) is 3.91. The molecule has 0 aliphatic carbocycles. The van der Waals surface area contributed by atoms with Crippen LogP contribution in [0.1, 0.15) is 15.9 Å². The van der Waals surface area contributed by atoms with Gasteiger partial charge in [-0.05, 0) is 24.1 Å². The Kier molecular flexibility index (Phi) is 2.92. The van der Waals surface area contributed by atoms with Crippen molar-refractivity contribution in [2.24, 2.45) is 12.5 Å². The highest BCUT2D eigenvalue weighted by atomic mass is 16.5. The second kappa shape index (κ2) is 5.05. The number of carbonyl (C=O) groups excluding carboxylic acids is 1. The van der Waals surface area contributed by atoms with Crippen molar-refractivity contribution >= 4 is 16.9 Å². The normalized spacial score (nSPS) is 17.9. The van der Waals surface area contributed by atoms with E-state index in [-0.39, 0.29) is 11.3 Å². The highest BCUT2D eigenvalue weighted by Crippen LogP contribution is 2.41. The van der Waals surface area contributed by atoms with Gasteiger partial charge in [0.2, 0.25) is 0 Å². The number of pyridine rings is 1. The first kappa shape index (κ1) is 14.5. The summed E-state index contributed by atoms with van der Waals surface area (Å²) in [6.07, 6.45) is 4.31. The van der Waals surface area contributed by atoms with Crippen molar-refractivity contribution in [1.29, 1.82) is 0 Å². The van der Waals surface area contributed by atoms with Gasteiger partial charge in [-0.1, -0.05) is 18.2 Å². The number of fused-ring (bicyclic) bond motifs is 2. The number of para-hydroxylation sites is 1. The van der Waals surface area contributed by atoms with Gasteiger partial charge in [0.15, 0.2) is 0 Å². The number of aryl methyl sites for hydroxylation is 1. The molecule has 6 heteroatoms. The number of ether oxygens (including phenoxy) is 1. The molecule has 0 unspecified atom stereocenters. The molecule has 1 amide bonds. The molecule has 25 heavy (non-hydrogen) atoms. The fourth-order valence-corrected chi connectivity index (χ4v) is 3.91. The van der Waals surface area contributed by atoms with E-state index in [1.54, 1.807) is 17.1 Å². The summed E-state index contributed by atoms with van der Waals surface area (Å²) < 4.78 is 7.65. The number of hydrogen-bond acceptors (Lipinski definition) is 4. The Bertz CT molecular complexity index is 988. The van der Waals surface area contributed by atoms with Crippen LogP contribution in [0.3, 0.4) is 0 Å². The maximum absolute atomic E-state index is 12.8. The van der Waals surface area contributed by atoms with Gasteiger partial charge in [0, 0.05) is 31.7 Å². The van der Waals surface area contributed by atoms with Crippen LogP contribution in [0.25, 0.3) is 11.0 Å². The lowest BCUT2D eigenvalue weighted by molar-refractivity contribution is -0.0290. The molecule has 0 N–H and O–H groups in total. The number of aromatic nitrogens is 3. The van der Waals surface area contributed by atoms with Gasteiger partial charge in [-0.2, -0.15) is 5.10 Å². The molecule has 126 valence electrons. The molecular formula is C19H18N4O2. The van der Waals surface area contributed by atoms with Crippen molar-refractivity contribution in [3.8, 4) is 5.75 Å². The van der Waals surface area contributed by atoms with E-state index in [9.17, 15) is 4.79 Å². The van der Waals surface area contributed by atoms with Gasteiger partial charge in [0.25, 0.3) is 5.91 Å². The minimum atomic E-state index is 0.0279. The lowest BCUT2D eigenvalue weighted by Crippen LogP contribution is -2.62. The summed E-state index contributed by atoms with van der Waals surface area (Å²) in [6.45, 7) is 2.12. The Morgan fingerprint density at radius 1 is 1.24 bits per heavy atom. The second-order valence-corrected chi connectivity index (χ2v) is 7.13. The summed E-state index contributed by atoms with van der Waals surface area (Å²) in [4.78, 5) is 19.0. The Hall–Kier alpha value is -2.89. The molecule has 4 heterocycles. The van der Waals surface area contributed by atoms with Crippen LogP contribution in [0.2, 0.25) is 0 Å². The number of hydrogen-bond donors (Lipinski definition) is 0. The van der Waals surface area contributed by atoms with E-state index in [2.05, 4.69) is 16.1 Å². The topological polar surface area (TPSA) is 60.2 Å². The number of amides is 1. The molecule has 0 radical (unpaired) electrons. The molecule has 2 aliphatic rings. The first-order valence-electron chi connectivity index (χ1n) is 8.41. The molecule has 0 atom stereocenters. The molecular weight excluding hydrogens is 316 g/mol. The Morgan fingerprint density at radius 2 is 2.08 bits per heavy atom. The van der Waals surface area contributed by atoms with Crippen molar-refractivity contribution in [2.75, 3.05) is 19.7 Å². The molecule has 2 aliphatic heterocycles. The minimum Gasteiger partial charge on any atom is -0.493 e. The van der Waals surface area contributed by atoms with Gasteiger partial charge in [-0.15, -0.1) is 0 Å². The predicted octanol–water partition coefficient (Wildman–Crippen LogP) is 2.05. The number of likely N-dealkylation sites (tertiary alicyclic amines) is 1. The molecule has 1 aromatic carbocycles. The lowest BCUT2D eigenvalue weighted by Gasteiger charge is -2.51. The van der Waals surface area contributed by atoms with Crippen LogP contribution in [-0.2, 0) is 13.5 Å². The van der Waals surface area contributed by atoms with Crippen LogP contribution in [-0.4, -0.2) is 45.3 Å². The molecule has 1 spiro atoms. The van der Waals surface area contributed by atoms with Crippen LogP contribution in [0, 0.1) is 5.41 Å². The smallest absolute Gasteiger partial charge is 0.255 e. The molecule has 5 rings (SSSR count). The van der Waals surface area contributed by atoms with E-state index < -0.39 is 0 Å². The lowest BCUT2D eigenvalue weighted by atomic mass is 9.73. The van der Waals surface area contributed by atoms with Gasteiger partial charge in [-0.3, -0.25) is 14.5 Å². The van der Waals surface area contributed by atoms with Crippen LogP contribution >= 0.6 is 0 Å². The third-order valence-corrected chi connectivity index (χ3v) is 5.26. The first-order chi connectivity index (χ1) is 12.1. The largest absolute Gasteiger partial charge is 0.493 e. The van der Waals surface area contributed by atoms with Gasteiger partial charge >= 0.3 is 0 Å². The second-order valence-electron chi connectivity index (χ2n) is 7.13. The summed E-state index contributed by atoms with van der Waals surface area (Å²) in [5.41, 5.74) is 3.57. The van der Waals surface area contributed by atoms with E-state index in [1.807, 2.05) is 36.2 Å². The molecule has 2 aromatic heterocycles. The van der Waals surface area contributed by atoms with E-state index in [0.29, 0.717) is 12.2 Å². The SMILES string of the molecule is Cn1ncc2ncc(C(=O)N3CC4(COc5ccccc5C4)C3)cc21. The van der Waals surface area contributed by atoms with Crippen molar-refractivity contribution in [1.82, 2.24) is 19.7 Å². The Morgan fingerprint density at radius 3 is 2.96 bits per heavy atom. The third kappa shape index (κ3) is 2.21. The Balaban J connectivity index is 1.34. The third-order valence-electron chi connectivity index (χ3n) is 5.26. The van der Waals surface area contributed by atoms with E-state index >= 15 is 0 Å². The quantitative estimate of drug-likeness (QED) is 0.683. The van der Waals surface area contributed by atoms with E-state index in [4.69, 9.17) is 4.74 Å². The van der Waals surface area contributed by atoms with Crippen molar-refractivity contribution in [3.63, 3.8) is 0 Å². The summed E-state index contributed by atoms with van der Waals surface area (Å²) >= 11 is 0. The first-order valence-corrected chi connectivity index (χ1v) is 8.41. The molecule has 1 fully saturated rings. The molecule has 1 saturated heterocycles. The number of nitrogens with zero attached hydrogens (tertiary/aromatic N) is 4. The maximum atomic E-state index is 12.8. The highest BCUT2D eigenvalue weighted by molar-refractivity contribution is 5.97. The van der Waals surface area contributed by atoms with Crippen LogP contribution in [0.4, 0.5) is 0 Å². The standard InChI is InChI=1S/C19H18N4O2/c1-22-16-6-14(8-20-15(16)9-21-22)18(24)23-10-19(11-23)7-13-4-2-3-5-17(13)25-12-19/h2-6,8-9H,7,10-12H2,1H3. The van der Waals surface area contributed by atoms with Crippen LogP contribution < -0.4 is 4.74 Å². The number of benzene rings is 1. The molecule has 0 bridgehead atoms. The van der Waals surface area contributed by atoms with Gasteiger partial charge in [0.05, 0.1) is 23.9 Å². The minimum absolute atomic E-state index is 0.0279. The van der Waals surface area contributed by atoms with Gasteiger partial charge < -0.3 is 9.64 Å². The summed E-state index contributed by atoms with van der Waals surface area (Å²) in [5.74, 6) is 1.00. The maximum Gasteiger partial charge on any atom is 0.255 e. The predicted molar refractivity (Wildman–Crippen MR) is 92.5 cm³/mol. The highest BCUT2D eigenvalue weighted by Gasteiger charge is 2.48. The van der Waals surface area contributed by atoms with Crippen molar-refractivity contribution < 1.29 is 9.53 Å². The van der Waals surface area contributed by atoms with Gasteiger partial charge in [0.1, 0.15) is 11.3 Å². The van der Waals surface area contributed by atoms with Crippen molar-refractivity contribution in [2.45, 2.75) is 6.42 Å². The molecule has 0 saturated carbocycles. The van der Waals surface area contributed by atoms with E-state index in [1.165, 1.54) is 5.56 Å². The number of carbonyl (C=O) groups is 1. The monoisotopic (exact) mass is 334 g/mol. The Labute approximate surface area is 145 Å². The van der Waals surface area contributed by atoms with Crippen LogP contribution in [0.15, 0.2) is 42.7 Å². The fraction of sp³-hybridized carbons (Fsp3) is 0.316. The summed E-state index contributed by atoms with van der Waals surface area (Å²) in [7, 11) is 1.85. The molecule has 6 nitrogen and oxygen atoms in total. The van der Waals surface area contributed by atoms with Gasteiger partial charge in [-0.25, -0.2) is 0 Å². The zero-order valence-electron chi connectivity index (χ0n) is 14.0. The average Bonchev–Trinajstić information content (AvgIpc) is 2.99. The van der Waals surface area contributed by atoms with E-state index in [0.717, 1.165) is 36.3 Å². The molecule has 3 aromatic rings. The van der Waals surface area contributed by atoms with Crippen molar-refractivity contribution in [3.05, 3.63) is 53.9 Å². The summed E-state index contributed by atoms with van der Waals surface area (Å²) in [5, 5.41) is 4.18. The zero-order valence-corrected chi connectivity index (χ0v) is 14.0. The number of rotatable bonds is 1. The average molecular weight is 334 g/mol. The summed E-state index contributed by atoms with van der Waals surface area (Å²) in [6, 6.07) is 10.0. The van der Waals surface area contributed by atoms with Crippen LogP contribution in [0.5, 0.6) is 5.75 Å². The zero-order chi connectivity index (χ0) is 17.0.